The molecule has 1 heterocycles. The number of hydrogen-bond acceptors (Lipinski definition) is 4. The van der Waals surface area contributed by atoms with Crippen LogP contribution in [0.3, 0.4) is 0 Å². The molecule has 1 saturated carbocycles. The Bertz CT molecular complexity index is 316. The normalized spacial score (nSPS) is 31.8. The average molecular weight is 329 g/mol. The number of hydrogen-bond donors (Lipinski definition) is 1. The molecule has 4 heteroatoms. The van der Waals surface area contributed by atoms with Crippen LogP contribution in [0.1, 0.15) is 47.5 Å². The van der Waals surface area contributed by atoms with Gasteiger partial charge in [0.05, 0.1) is 18.8 Å². The molecule has 0 bridgehead atoms. The number of β-amino-alcohol motifs (C(OH)–C–C–N with tert-alkyl or cyclic N) is 1. The van der Waals surface area contributed by atoms with E-state index >= 15 is 0 Å². The molecule has 0 spiro atoms. The minimum absolute atomic E-state index is 0. The van der Waals surface area contributed by atoms with Crippen LogP contribution in [0.2, 0.25) is 0 Å². The second-order valence-electron chi connectivity index (χ2n) is 7.96. The van der Waals surface area contributed by atoms with Gasteiger partial charge in [-0.05, 0) is 37.6 Å². The topological polar surface area (TPSA) is 35.9 Å². The van der Waals surface area contributed by atoms with E-state index in [2.05, 4.69) is 37.6 Å². The van der Waals surface area contributed by atoms with Gasteiger partial charge in [-0.25, -0.2) is 0 Å². The van der Waals surface area contributed by atoms with E-state index in [1.165, 1.54) is 12.8 Å². The van der Waals surface area contributed by atoms with Crippen molar-refractivity contribution in [3.05, 3.63) is 0 Å². The van der Waals surface area contributed by atoms with Crippen LogP contribution >= 0.6 is 0 Å². The maximum atomic E-state index is 10.3. The fraction of sp³-hybridized carbons (Fsp3) is 1.00. The van der Waals surface area contributed by atoms with Gasteiger partial charge in [-0.3, -0.25) is 4.90 Å². The van der Waals surface area contributed by atoms with Crippen LogP contribution < -0.4 is 0 Å². The number of likely N-dealkylation sites (N-methyl/N-ethyl adjacent to an activating group) is 1. The Morgan fingerprint density at radius 1 is 1.13 bits per heavy atom. The largest absolute Gasteiger partial charge is 0.389 e. The van der Waals surface area contributed by atoms with Crippen molar-refractivity contribution in [3.8, 4) is 0 Å². The summed E-state index contributed by atoms with van der Waals surface area (Å²) in [6, 6.07) is 0. The van der Waals surface area contributed by atoms with Gasteiger partial charge in [-0.15, -0.1) is 0 Å². The summed E-state index contributed by atoms with van der Waals surface area (Å²) in [4.78, 5) is 4.70. The van der Waals surface area contributed by atoms with Crippen LogP contribution in [0.25, 0.3) is 0 Å². The number of aliphatic hydroxyl groups excluding tert-OH is 1. The quantitative estimate of drug-likeness (QED) is 0.813. The van der Waals surface area contributed by atoms with E-state index in [4.69, 9.17) is 4.74 Å². The van der Waals surface area contributed by atoms with Crippen molar-refractivity contribution in [2.45, 2.75) is 59.7 Å². The zero-order valence-electron chi connectivity index (χ0n) is 15.0. The molecule has 1 saturated heterocycles. The highest BCUT2D eigenvalue weighted by Crippen LogP contribution is 2.35. The molecule has 2 aliphatic rings. The fourth-order valence-corrected chi connectivity index (χ4v) is 3.92. The average Bonchev–Trinajstić information content (AvgIpc) is 2.47. The second kappa shape index (κ2) is 9.97. The number of ether oxygens (including phenoxy) is 1. The van der Waals surface area contributed by atoms with Gasteiger partial charge in [-0.1, -0.05) is 34.6 Å². The Labute approximate surface area is 144 Å². The molecule has 2 rings (SSSR count). The summed E-state index contributed by atoms with van der Waals surface area (Å²) in [5, 5.41) is 10.3. The lowest BCUT2D eigenvalue weighted by Gasteiger charge is -2.38. The first-order valence-electron chi connectivity index (χ1n) is 9.16. The molecule has 4 atom stereocenters. The maximum absolute atomic E-state index is 10.3. The van der Waals surface area contributed by atoms with Crippen molar-refractivity contribution in [2.24, 2.45) is 17.8 Å². The summed E-state index contributed by atoms with van der Waals surface area (Å²) in [6.07, 6.45) is 3.74. The first-order chi connectivity index (χ1) is 10.5. The van der Waals surface area contributed by atoms with Crippen LogP contribution in [-0.2, 0) is 4.74 Å². The number of nitrogens with zero attached hydrogens (tertiary/aromatic N) is 2. The lowest BCUT2D eigenvalue weighted by molar-refractivity contribution is -0.0751. The van der Waals surface area contributed by atoms with Crippen LogP contribution in [0.15, 0.2) is 0 Å². The Morgan fingerprint density at radius 2 is 1.78 bits per heavy atom. The highest BCUT2D eigenvalue weighted by Gasteiger charge is 2.31. The monoisotopic (exact) mass is 328 g/mol. The van der Waals surface area contributed by atoms with E-state index < -0.39 is 0 Å². The highest BCUT2D eigenvalue weighted by molar-refractivity contribution is 4.82. The number of rotatable bonds is 6. The molecule has 23 heavy (non-hydrogen) atoms. The van der Waals surface area contributed by atoms with Gasteiger partial charge >= 0.3 is 0 Å². The number of aliphatic hydroxyl groups is 1. The molecular formula is C19H40N2O2. The van der Waals surface area contributed by atoms with Crippen molar-refractivity contribution < 1.29 is 9.84 Å². The van der Waals surface area contributed by atoms with Gasteiger partial charge in [0.1, 0.15) is 0 Å². The first kappa shape index (κ1) is 20.9. The molecule has 138 valence electrons. The molecule has 2 fully saturated rings. The lowest BCUT2D eigenvalue weighted by atomic mass is 9.75. The standard InChI is InChI=1S/C18H36N2O2.CH4/c1-14(2)17-6-5-15(3)11-18(17)22-13-16(21)12-20-9-7-19(4)8-10-20;/h14-18,21H,5-13H2,1-4H3;1H4. The third-order valence-corrected chi connectivity index (χ3v) is 5.53. The van der Waals surface area contributed by atoms with Crippen molar-refractivity contribution >= 4 is 0 Å². The Morgan fingerprint density at radius 3 is 2.39 bits per heavy atom. The van der Waals surface area contributed by atoms with Crippen LogP contribution in [-0.4, -0.2) is 73.5 Å². The summed E-state index contributed by atoms with van der Waals surface area (Å²) in [7, 11) is 2.16. The Hall–Kier alpha value is -0.160. The van der Waals surface area contributed by atoms with E-state index in [0.717, 1.165) is 45.1 Å². The van der Waals surface area contributed by atoms with E-state index in [0.29, 0.717) is 24.5 Å². The molecule has 4 unspecified atom stereocenters. The maximum Gasteiger partial charge on any atom is 0.0900 e. The van der Waals surface area contributed by atoms with Crippen LogP contribution in [0.4, 0.5) is 0 Å². The van der Waals surface area contributed by atoms with Crippen molar-refractivity contribution in [1.82, 2.24) is 9.80 Å². The molecule has 0 aromatic heterocycles. The lowest BCUT2D eigenvalue weighted by Crippen LogP contribution is -2.48. The molecule has 1 N–H and O–H groups in total. The van der Waals surface area contributed by atoms with Gasteiger partial charge in [0, 0.05) is 32.7 Å². The fourth-order valence-electron chi connectivity index (χ4n) is 3.92. The Balaban J connectivity index is 0.00000264. The van der Waals surface area contributed by atoms with E-state index in [1.807, 2.05) is 0 Å². The van der Waals surface area contributed by atoms with Gasteiger partial charge in [-0.2, -0.15) is 0 Å². The SMILES string of the molecule is C.CC1CCC(C(C)C)C(OCC(O)CN2CCN(C)CC2)C1. The molecule has 0 radical (unpaired) electrons. The molecular weight excluding hydrogens is 288 g/mol. The van der Waals surface area contributed by atoms with Crippen LogP contribution in [0.5, 0.6) is 0 Å². The molecule has 1 aliphatic carbocycles. The van der Waals surface area contributed by atoms with Crippen molar-refractivity contribution in [1.29, 1.82) is 0 Å². The highest BCUT2D eigenvalue weighted by atomic mass is 16.5. The first-order valence-corrected chi connectivity index (χ1v) is 9.16. The third-order valence-electron chi connectivity index (χ3n) is 5.53. The van der Waals surface area contributed by atoms with Gasteiger partial charge in [0.2, 0.25) is 0 Å². The molecule has 0 aromatic rings. The molecule has 0 aromatic carbocycles. The molecule has 0 amide bonds. The zero-order chi connectivity index (χ0) is 16.1. The number of piperazine rings is 1. The minimum Gasteiger partial charge on any atom is -0.389 e. The van der Waals surface area contributed by atoms with Gasteiger partial charge < -0.3 is 14.7 Å². The predicted octanol–water partition coefficient (Wildman–Crippen LogP) is 2.71. The van der Waals surface area contributed by atoms with Gasteiger partial charge in [0.25, 0.3) is 0 Å². The van der Waals surface area contributed by atoms with Crippen molar-refractivity contribution in [2.75, 3.05) is 46.4 Å². The third kappa shape index (κ3) is 6.69. The summed E-state index contributed by atoms with van der Waals surface area (Å²) in [5.41, 5.74) is 0. The van der Waals surface area contributed by atoms with Crippen molar-refractivity contribution in [3.63, 3.8) is 0 Å². The smallest absolute Gasteiger partial charge is 0.0900 e. The summed E-state index contributed by atoms with van der Waals surface area (Å²) >= 11 is 0. The molecule has 4 nitrogen and oxygen atoms in total. The van der Waals surface area contributed by atoms with E-state index in [1.54, 1.807) is 0 Å². The predicted molar refractivity (Wildman–Crippen MR) is 97.8 cm³/mol. The van der Waals surface area contributed by atoms with Gasteiger partial charge in [0.15, 0.2) is 0 Å². The summed E-state index contributed by atoms with van der Waals surface area (Å²) in [5.74, 6) is 2.09. The van der Waals surface area contributed by atoms with E-state index in [-0.39, 0.29) is 13.5 Å². The summed E-state index contributed by atoms with van der Waals surface area (Å²) < 4.78 is 6.16. The van der Waals surface area contributed by atoms with Crippen LogP contribution in [0, 0.1) is 17.8 Å². The zero-order valence-corrected chi connectivity index (χ0v) is 15.0. The van der Waals surface area contributed by atoms with E-state index in [9.17, 15) is 5.11 Å². The minimum atomic E-state index is -0.353. The second-order valence-corrected chi connectivity index (χ2v) is 7.96. The Kier molecular flexibility index (Phi) is 9.06. The summed E-state index contributed by atoms with van der Waals surface area (Å²) in [6.45, 7) is 12.5. The molecule has 1 aliphatic heterocycles.